The molecule has 0 unspecified atom stereocenters. The van der Waals surface area contributed by atoms with E-state index in [1.54, 1.807) is 12.1 Å². The van der Waals surface area contributed by atoms with Crippen molar-refractivity contribution >= 4 is 17.6 Å². The SMILES string of the molecule is CCCNc1cccc(CSc2ccccc2F)n1. The molecule has 0 amide bonds. The number of thioether (sulfide) groups is 1. The summed E-state index contributed by atoms with van der Waals surface area (Å²) in [6.45, 7) is 3.03. The summed E-state index contributed by atoms with van der Waals surface area (Å²) in [4.78, 5) is 5.16. The molecule has 1 aromatic heterocycles. The van der Waals surface area contributed by atoms with Crippen molar-refractivity contribution < 1.29 is 4.39 Å². The fraction of sp³-hybridized carbons (Fsp3) is 0.267. The summed E-state index contributed by atoms with van der Waals surface area (Å²) in [5.41, 5.74) is 0.953. The van der Waals surface area contributed by atoms with Gasteiger partial charge in [0, 0.05) is 17.2 Å². The normalized spacial score (nSPS) is 10.4. The lowest BCUT2D eigenvalue weighted by atomic mass is 10.3. The standard InChI is InChI=1S/C15H17FN2S/c1-2-10-17-15-9-5-6-12(18-15)11-19-14-8-4-3-7-13(14)16/h3-9H,2,10-11H2,1H3,(H,17,18). The van der Waals surface area contributed by atoms with Crippen molar-refractivity contribution in [3.8, 4) is 0 Å². The molecule has 0 aliphatic heterocycles. The largest absolute Gasteiger partial charge is 0.370 e. The third kappa shape index (κ3) is 4.24. The number of anilines is 1. The Bertz CT molecular complexity index is 531. The highest BCUT2D eigenvalue weighted by atomic mass is 32.2. The molecule has 2 aromatic rings. The zero-order chi connectivity index (χ0) is 13.5. The van der Waals surface area contributed by atoms with Crippen LogP contribution >= 0.6 is 11.8 Å². The minimum atomic E-state index is -0.173. The van der Waals surface area contributed by atoms with Crippen molar-refractivity contribution in [3.63, 3.8) is 0 Å². The first-order valence-electron chi connectivity index (χ1n) is 6.36. The Labute approximate surface area is 117 Å². The smallest absolute Gasteiger partial charge is 0.136 e. The van der Waals surface area contributed by atoms with Gasteiger partial charge in [-0.15, -0.1) is 11.8 Å². The third-order valence-electron chi connectivity index (χ3n) is 2.58. The van der Waals surface area contributed by atoms with Gasteiger partial charge in [-0.3, -0.25) is 0 Å². The molecule has 1 N–H and O–H groups in total. The molecule has 1 aromatic carbocycles. The number of nitrogens with zero attached hydrogens (tertiary/aromatic N) is 1. The maximum atomic E-state index is 13.5. The Hall–Kier alpha value is -1.55. The summed E-state index contributed by atoms with van der Waals surface area (Å²) in [7, 11) is 0. The highest BCUT2D eigenvalue weighted by molar-refractivity contribution is 7.98. The number of rotatable bonds is 6. The van der Waals surface area contributed by atoms with Gasteiger partial charge in [-0.2, -0.15) is 0 Å². The lowest BCUT2D eigenvalue weighted by Gasteiger charge is -2.06. The van der Waals surface area contributed by atoms with Crippen LogP contribution in [-0.2, 0) is 5.75 Å². The number of hydrogen-bond acceptors (Lipinski definition) is 3. The molecule has 19 heavy (non-hydrogen) atoms. The second-order valence-electron chi connectivity index (χ2n) is 4.16. The summed E-state index contributed by atoms with van der Waals surface area (Å²) >= 11 is 1.47. The number of aromatic nitrogens is 1. The zero-order valence-electron chi connectivity index (χ0n) is 10.9. The van der Waals surface area contributed by atoms with Crippen LogP contribution in [0.25, 0.3) is 0 Å². The molecule has 0 fully saturated rings. The maximum Gasteiger partial charge on any atom is 0.136 e. The van der Waals surface area contributed by atoms with E-state index >= 15 is 0 Å². The van der Waals surface area contributed by atoms with Crippen LogP contribution in [0.5, 0.6) is 0 Å². The monoisotopic (exact) mass is 276 g/mol. The average Bonchev–Trinajstić information content (AvgIpc) is 2.45. The topological polar surface area (TPSA) is 24.9 Å². The Morgan fingerprint density at radius 1 is 1.16 bits per heavy atom. The van der Waals surface area contributed by atoms with Crippen LogP contribution in [-0.4, -0.2) is 11.5 Å². The van der Waals surface area contributed by atoms with Crippen LogP contribution in [0, 0.1) is 5.82 Å². The second kappa shape index (κ2) is 7.14. The fourth-order valence-electron chi connectivity index (χ4n) is 1.62. The molecule has 0 saturated heterocycles. The van der Waals surface area contributed by atoms with Gasteiger partial charge in [-0.05, 0) is 30.7 Å². The van der Waals surface area contributed by atoms with Crippen molar-refractivity contribution in [1.29, 1.82) is 0 Å². The lowest BCUT2D eigenvalue weighted by molar-refractivity contribution is 0.602. The van der Waals surface area contributed by atoms with Crippen molar-refractivity contribution in [1.82, 2.24) is 4.98 Å². The Kier molecular flexibility index (Phi) is 5.21. The molecule has 0 spiro atoms. The van der Waals surface area contributed by atoms with E-state index in [0.29, 0.717) is 10.6 Å². The molecule has 1 heterocycles. The summed E-state index contributed by atoms with van der Waals surface area (Å²) < 4.78 is 13.5. The average molecular weight is 276 g/mol. The number of hydrogen-bond donors (Lipinski definition) is 1. The van der Waals surface area contributed by atoms with E-state index in [0.717, 1.165) is 24.5 Å². The van der Waals surface area contributed by atoms with Crippen LogP contribution < -0.4 is 5.32 Å². The van der Waals surface area contributed by atoms with E-state index in [1.807, 2.05) is 24.3 Å². The van der Waals surface area contributed by atoms with Gasteiger partial charge >= 0.3 is 0 Å². The number of benzene rings is 1. The summed E-state index contributed by atoms with van der Waals surface area (Å²) in [5, 5.41) is 3.25. The molecule has 2 nitrogen and oxygen atoms in total. The van der Waals surface area contributed by atoms with E-state index in [9.17, 15) is 4.39 Å². The number of halogens is 1. The molecular formula is C15H17FN2S. The summed E-state index contributed by atoms with van der Waals surface area (Å²) in [6, 6.07) is 12.7. The zero-order valence-corrected chi connectivity index (χ0v) is 11.7. The molecule has 4 heteroatoms. The Morgan fingerprint density at radius 3 is 2.79 bits per heavy atom. The summed E-state index contributed by atoms with van der Waals surface area (Å²) in [6.07, 6.45) is 1.07. The van der Waals surface area contributed by atoms with Gasteiger partial charge in [-0.25, -0.2) is 9.37 Å². The second-order valence-corrected chi connectivity index (χ2v) is 5.18. The van der Waals surface area contributed by atoms with Gasteiger partial charge in [-0.1, -0.05) is 25.1 Å². The van der Waals surface area contributed by atoms with E-state index in [4.69, 9.17) is 0 Å². The van der Waals surface area contributed by atoms with Crippen molar-refractivity contribution in [2.75, 3.05) is 11.9 Å². The molecule has 100 valence electrons. The van der Waals surface area contributed by atoms with Crippen molar-refractivity contribution in [2.24, 2.45) is 0 Å². The molecule has 0 saturated carbocycles. The first-order valence-corrected chi connectivity index (χ1v) is 7.35. The number of nitrogens with one attached hydrogen (secondary N) is 1. The van der Waals surface area contributed by atoms with Crippen molar-refractivity contribution in [3.05, 3.63) is 54.0 Å². The van der Waals surface area contributed by atoms with E-state index in [2.05, 4.69) is 17.2 Å². The van der Waals surface area contributed by atoms with Gasteiger partial charge in [0.05, 0.1) is 5.69 Å². The van der Waals surface area contributed by atoms with Crippen LogP contribution in [0.2, 0.25) is 0 Å². The maximum absolute atomic E-state index is 13.5. The van der Waals surface area contributed by atoms with Gasteiger partial charge in [0.1, 0.15) is 11.6 Å². The van der Waals surface area contributed by atoms with Crippen LogP contribution in [0.4, 0.5) is 10.2 Å². The fourth-order valence-corrected chi connectivity index (χ4v) is 2.47. The first-order chi connectivity index (χ1) is 9.29. The quantitative estimate of drug-likeness (QED) is 0.795. The van der Waals surface area contributed by atoms with Gasteiger partial charge < -0.3 is 5.32 Å². The molecule has 0 aliphatic carbocycles. The van der Waals surface area contributed by atoms with Gasteiger partial charge in [0.25, 0.3) is 0 Å². The molecule has 0 aliphatic rings. The highest BCUT2D eigenvalue weighted by Gasteiger charge is 2.03. The molecule has 2 rings (SSSR count). The number of pyridine rings is 1. The first kappa shape index (κ1) is 13.9. The minimum Gasteiger partial charge on any atom is -0.370 e. The highest BCUT2D eigenvalue weighted by Crippen LogP contribution is 2.24. The molecule has 0 radical (unpaired) electrons. The van der Waals surface area contributed by atoms with Gasteiger partial charge in [0.2, 0.25) is 0 Å². The van der Waals surface area contributed by atoms with E-state index in [-0.39, 0.29) is 5.82 Å². The Morgan fingerprint density at radius 2 is 2.00 bits per heavy atom. The van der Waals surface area contributed by atoms with E-state index < -0.39 is 0 Å². The van der Waals surface area contributed by atoms with Crippen LogP contribution in [0.1, 0.15) is 19.0 Å². The molecule has 0 atom stereocenters. The lowest BCUT2D eigenvalue weighted by Crippen LogP contribution is -2.02. The van der Waals surface area contributed by atoms with Crippen molar-refractivity contribution in [2.45, 2.75) is 24.0 Å². The molecule has 0 bridgehead atoms. The predicted octanol–water partition coefficient (Wildman–Crippen LogP) is 4.33. The molecular weight excluding hydrogens is 259 g/mol. The third-order valence-corrected chi connectivity index (χ3v) is 3.66. The Balaban J connectivity index is 1.98. The van der Waals surface area contributed by atoms with Crippen LogP contribution in [0.3, 0.4) is 0 Å². The van der Waals surface area contributed by atoms with Gasteiger partial charge in [0.15, 0.2) is 0 Å². The predicted molar refractivity (Wildman–Crippen MR) is 79.0 cm³/mol. The summed E-state index contributed by atoms with van der Waals surface area (Å²) in [5.74, 6) is 1.38. The minimum absolute atomic E-state index is 0.173. The van der Waals surface area contributed by atoms with E-state index in [1.165, 1.54) is 17.8 Å². The van der Waals surface area contributed by atoms with Crippen LogP contribution in [0.15, 0.2) is 47.4 Å².